The molecule has 1 heterocycles. The predicted molar refractivity (Wildman–Crippen MR) is 68.2 cm³/mol. The van der Waals surface area contributed by atoms with Gasteiger partial charge in [0.15, 0.2) is 5.78 Å². The summed E-state index contributed by atoms with van der Waals surface area (Å²) >= 11 is 1.53. The maximum Gasteiger partial charge on any atom is 0.180 e. The van der Waals surface area contributed by atoms with Crippen LogP contribution in [0.2, 0.25) is 0 Å². The lowest BCUT2D eigenvalue weighted by molar-refractivity contribution is 0.0969. The maximum absolute atomic E-state index is 12.2. The van der Waals surface area contributed by atoms with Crippen LogP contribution in [0.25, 0.3) is 0 Å². The lowest BCUT2D eigenvalue weighted by Gasteiger charge is -2.09. The summed E-state index contributed by atoms with van der Waals surface area (Å²) in [7, 11) is 0. The van der Waals surface area contributed by atoms with Crippen LogP contribution in [0.3, 0.4) is 0 Å². The Balaban J connectivity index is 2.27. The zero-order valence-electron chi connectivity index (χ0n) is 9.44. The Kier molecular flexibility index (Phi) is 3.20. The van der Waals surface area contributed by atoms with Crippen molar-refractivity contribution in [3.8, 4) is 0 Å². The Hall–Kier alpha value is -1.41. The van der Waals surface area contributed by atoms with Gasteiger partial charge < -0.3 is 0 Å². The van der Waals surface area contributed by atoms with Gasteiger partial charge in [-0.3, -0.25) is 4.79 Å². The second-order valence-electron chi connectivity index (χ2n) is 3.93. The van der Waals surface area contributed by atoms with Gasteiger partial charge in [0.05, 0.1) is 4.88 Å². The van der Waals surface area contributed by atoms with Gasteiger partial charge in [-0.15, -0.1) is 11.3 Å². The van der Waals surface area contributed by atoms with Crippen molar-refractivity contribution in [1.82, 2.24) is 0 Å². The van der Waals surface area contributed by atoms with E-state index in [-0.39, 0.29) is 11.7 Å². The number of aryl methyl sites for hydroxylation is 1. The van der Waals surface area contributed by atoms with E-state index in [9.17, 15) is 4.79 Å². The van der Waals surface area contributed by atoms with Gasteiger partial charge in [-0.2, -0.15) is 0 Å². The number of rotatable bonds is 3. The Morgan fingerprint density at radius 2 is 1.88 bits per heavy atom. The molecule has 0 fully saturated rings. The molecular formula is C14H14OS. The third-order valence-electron chi connectivity index (χ3n) is 2.78. The number of benzene rings is 1. The summed E-state index contributed by atoms with van der Waals surface area (Å²) < 4.78 is 0. The molecule has 1 aromatic carbocycles. The minimum Gasteiger partial charge on any atom is -0.293 e. The van der Waals surface area contributed by atoms with Gasteiger partial charge in [0, 0.05) is 5.92 Å². The van der Waals surface area contributed by atoms with Crippen molar-refractivity contribution >= 4 is 17.1 Å². The summed E-state index contributed by atoms with van der Waals surface area (Å²) in [5, 5.41) is 1.97. The molecule has 2 rings (SSSR count). The van der Waals surface area contributed by atoms with E-state index in [1.54, 1.807) is 0 Å². The third kappa shape index (κ3) is 2.07. The maximum atomic E-state index is 12.2. The quantitative estimate of drug-likeness (QED) is 0.727. The molecule has 1 unspecified atom stereocenters. The summed E-state index contributed by atoms with van der Waals surface area (Å²) in [6.07, 6.45) is 0. The van der Waals surface area contributed by atoms with E-state index in [0.29, 0.717) is 0 Å². The molecule has 0 aliphatic rings. The van der Waals surface area contributed by atoms with Crippen LogP contribution in [-0.2, 0) is 0 Å². The zero-order valence-corrected chi connectivity index (χ0v) is 10.3. The molecule has 0 radical (unpaired) electrons. The van der Waals surface area contributed by atoms with Crippen molar-refractivity contribution < 1.29 is 4.79 Å². The molecule has 0 bridgehead atoms. The van der Waals surface area contributed by atoms with Crippen LogP contribution in [0.4, 0.5) is 0 Å². The van der Waals surface area contributed by atoms with Crippen molar-refractivity contribution in [1.29, 1.82) is 0 Å². The predicted octanol–water partition coefficient (Wildman–Crippen LogP) is 4.04. The fraction of sp³-hybridized carbons (Fsp3) is 0.214. The van der Waals surface area contributed by atoms with Crippen LogP contribution in [0.5, 0.6) is 0 Å². The monoisotopic (exact) mass is 230 g/mol. The molecule has 2 aromatic rings. The van der Waals surface area contributed by atoms with Gasteiger partial charge in [-0.1, -0.05) is 37.3 Å². The average molecular weight is 230 g/mol. The highest BCUT2D eigenvalue weighted by Gasteiger charge is 2.19. The number of hydrogen-bond donors (Lipinski definition) is 0. The Morgan fingerprint density at radius 3 is 2.44 bits per heavy atom. The van der Waals surface area contributed by atoms with Gasteiger partial charge in [0.25, 0.3) is 0 Å². The molecule has 0 amide bonds. The molecule has 0 aliphatic heterocycles. The number of hydrogen-bond acceptors (Lipinski definition) is 2. The lowest BCUT2D eigenvalue weighted by atomic mass is 9.95. The molecule has 0 N–H and O–H groups in total. The van der Waals surface area contributed by atoms with E-state index in [2.05, 4.69) is 0 Å². The van der Waals surface area contributed by atoms with Crippen molar-refractivity contribution in [2.45, 2.75) is 19.8 Å². The topological polar surface area (TPSA) is 17.1 Å². The van der Waals surface area contributed by atoms with Gasteiger partial charge in [0.1, 0.15) is 0 Å². The molecular weight excluding hydrogens is 216 g/mol. The Labute approximate surface area is 99.8 Å². The molecule has 0 saturated heterocycles. The molecule has 1 atom stereocenters. The van der Waals surface area contributed by atoms with Gasteiger partial charge in [-0.05, 0) is 29.5 Å². The summed E-state index contributed by atoms with van der Waals surface area (Å²) in [6, 6.07) is 11.9. The fourth-order valence-electron chi connectivity index (χ4n) is 1.71. The van der Waals surface area contributed by atoms with E-state index < -0.39 is 0 Å². The van der Waals surface area contributed by atoms with Crippen molar-refractivity contribution in [2.75, 3.05) is 0 Å². The Morgan fingerprint density at radius 1 is 1.19 bits per heavy atom. The first-order chi connectivity index (χ1) is 7.70. The van der Waals surface area contributed by atoms with E-state index in [1.165, 1.54) is 11.3 Å². The standard InChI is InChI=1S/C14H14OS/c1-10-8-9-16-14(10)13(15)11(2)12-6-4-3-5-7-12/h3-9,11H,1-2H3. The second kappa shape index (κ2) is 4.62. The van der Waals surface area contributed by atoms with Crippen LogP contribution < -0.4 is 0 Å². The number of carbonyl (C=O) groups is 1. The summed E-state index contributed by atoms with van der Waals surface area (Å²) in [4.78, 5) is 13.1. The Bertz CT molecular complexity index is 484. The van der Waals surface area contributed by atoms with E-state index in [1.807, 2.05) is 55.6 Å². The number of thiophene rings is 1. The molecule has 1 nitrogen and oxygen atoms in total. The second-order valence-corrected chi connectivity index (χ2v) is 4.85. The molecule has 1 aromatic heterocycles. The normalized spacial score (nSPS) is 12.4. The van der Waals surface area contributed by atoms with E-state index in [4.69, 9.17) is 0 Å². The van der Waals surface area contributed by atoms with Crippen molar-refractivity contribution in [2.24, 2.45) is 0 Å². The van der Waals surface area contributed by atoms with Crippen molar-refractivity contribution in [3.63, 3.8) is 0 Å². The van der Waals surface area contributed by atoms with Crippen LogP contribution >= 0.6 is 11.3 Å². The summed E-state index contributed by atoms with van der Waals surface area (Å²) in [5.41, 5.74) is 2.16. The number of carbonyl (C=O) groups excluding carboxylic acids is 1. The molecule has 0 aliphatic carbocycles. The number of Topliss-reactive ketones (excluding diaryl/α,β-unsaturated/α-hetero) is 1. The largest absolute Gasteiger partial charge is 0.293 e. The van der Waals surface area contributed by atoms with Crippen molar-refractivity contribution in [3.05, 3.63) is 57.8 Å². The smallest absolute Gasteiger partial charge is 0.180 e. The van der Waals surface area contributed by atoms with E-state index in [0.717, 1.165) is 16.0 Å². The van der Waals surface area contributed by atoms with Crippen LogP contribution in [0, 0.1) is 6.92 Å². The first-order valence-corrected chi connectivity index (χ1v) is 6.21. The van der Waals surface area contributed by atoms with Gasteiger partial charge >= 0.3 is 0 Å². The molecule has 16 heavy (non-hydrogen) atoms. The highest BCUT2D eigenvalue weighted by molar-refractivity contribution is 7.12. The minimum absolute atomic E-state index is 0.0569. The zero-order chi connectivity index (χ0) is 11.5. The highest BCUT2D eigenvalue weighted by atomic mass is 32.1. The SMILES string of the molecule is Cc1ccsc1C(=O)C(C)c1ccccc1. The third-order valence-corrected chi connectivity index (χ3v) is 3.81. The molecule has 0 spiro atoms. The molecule has 2 heteroatoms. The van der Waals surface area contributed by atoms with Crippen LogP contribution in [0.1, 0.15) is 33.6 Å². The van der Waals surface area contributed by atoms with Crippen LogP contribution in [-0.4, -0.2) is 5.78 Å². The number of ketones is 1. The minimum atomic E-state index is -0.0569. The average Bonchev–Trinajstić information content (AvgIpc) is 2.75. The molecule has 82 valence electrons. The van der Waals surface area contributed by atoms with Gasteiger partial charge in [0.2, 0.25) is 0 Å². The fourth-order valence-corrected chi connectivity index (χ4v) is 2.67. The van der Waals surface area contributed by atoms with Crippen LogP contribution in [0.15, 0.2) is 41.8 Å². The highest BCUT2D eigenvalue weighted by Crippen LogP contribution is 2.25. The first-order valence-electron chi connectivity index (χ1n) is 5.33. The van der Waals surface area contributed by atoms with Gasteiger partial charge in [-0.25, -0.2) is 0 Å². The lowest BCUT2D eigenvalue weighted by Crippen LogP contribution is -2.08. The summed E-state index contributed by atoms with van der Waals surface area (Å²) in [5.74, 6) is 0.164. The first kappa shape index (κ1) is 11.1. The van der Waals surface area contributed by atoms with E-state index >= 15 is 0 Å². The molecule has 0 saturated carbocycles. The summed E-state index contributed by atoms with van der Waals surface area (Å²) in [6.45, 7) is 3.96.